The van der Waals surface area contributed by atoms with Gasteiger partial charge in [0.15, 0.2) is 11.6 Å². The summed E-state index contributed by atoms with van der Waals surface area (Å²) < 4.78 is 0. The molecule has 2 aromatic carbocycles. The Bertz CT molecular complexity index is 1070. The molecule has 0 atom stereocenters. The van der Waals surface area contributed by atoms with Crippen molar-refractivity contribution in [3.63, 3.8) is 0 Å². The average molecular weight is 447 g/mol. The summed E-state index contributed by atoms with van der Waals surface area (Å²) in [5.41, 5.74) is 3.55. The number of rotatable bonds is 7. The molecule has 5 nitrogen and oxygen atoms in total. The number of allylic oxidation sites excluding steroid dienone is 2. The summed E-state index contributed by atoms with van der Waals surface area (Å²) in [5.74, 6) is 1.03. The Labute approximate surface area is 194 Å². The summed E-state index contributed by atoms with van der Waals surface area (Å²) in [5, 5.41) is 3.66. The van der Waals surface area contributed by atoms with Crippen LogP contribution < -0.4 is 5.32 Å². The monoisotopic (exact) mass is 446 g/mol. The van der Waals surface area contributed by atoms with Crippen molar-refractivity contribution in [1.29, 1.82) is 0 Å². The smallest absolute Gasteiger partial charge is 0.185 e. The number of benzene rings is 2. The minimum Gasteiger partial charge on any atom is -0.339 e. The Morgan fingerprint density at radius 3 is 2.53 bits per heavy atom. The van der Waals surface area contributed by atoms with E-state index >= 15 is 0 Å². The van der Waals surface area contributed by atoms with E-state index in [1.807, 2.05) is 31.2 Å². The van der Waals surface area contributed by atoms with Crippen LogP contribution in [-0.4, -0.2) is 33.7 Å². The second-order valence-electron chi connectivity index (χ2n) is 8.15. The van der Waals surface area contributed by atoms with Gasteiger partial charge >= 0.3 is 0 Å². The minimum atomic E-state index is 0.0270. The van der Waals surface area contributed by atoms with Gasteiger partial charge in [-0.2, -0.15) is 0 Å². The number of aryl methyl sites for hydroxylation is 1. The van der Waals surface area contributed by atoms with E-state index < -0.39 is 0 Å². The lowest BCUT2D eigenvalue weighted by molar-refractivity contribution is 0.104. The van der Waals surface area contributed by atoms with Crippen LogP contribution in [0.4, 0.5) is 11.5 Å². The summed E-state index contributed by atoms with van der Waals surface area (Å²) in [6.45, 7) is 4.94. The van der Waals surface area contributed by atoms with Crippen molar-refractivity contribution in [2.45, 2.75) is 26.3 Å². The van der Waals surface area contributed by atoms with Crippen LogP contribution in [-0.2, 0) is 6.54 Å². The molecule has 0 saturated carbocycles. The van der Waals surface area contributed by atoms with Crippen LogP contribution in [0.1, 0.15) is 34.5 Å². The van der Waals surface area contributed by atoms with Gasteiger partial charge in [0.25, 0.3) is 0 Å². The first kappa shape index (κ1) is 22.2. The second-order valence-corrected chi connectivity index (χ2v) is 8.52. The van der Waals surface area contributed by atoms with Gasteiger partial charge in [-0.05, 0) is 74.7 Å². The van der Waals surface area contributed by atoms with Gasteiger partial charge in [-0.1, -0.05) is 48.0 Å². The van der Waals surface area contributed by atoms with Crippen LogP contribution in [0.25, 0.3) is 0 Å². The van der Waals surface area contributed by atoms with Crippen molar-refractivity contribution in [3.05, 3.63) is 94.9 Å². The number of likely N-dealkylation sites (tertiary alicyclic amines) is 1. The molecule has 3 aromatic rings. The maximum atomic E-state index is 12.6. The predicted octanol–water partition coefficient (Wildman–Crippen LogP) is 5.83. The molecule has 1 aliphatic heterocycles. The third-order valence-corrected chi connectivity index (χ3v) is 6.25. The number of aromatic nitrogens is 2. The summed E-state index contributed by atoms with van der Waals surface area (Å²) in [4.78, 5) is 23.3. The largest absolute Gasteiger partial charge is 0.339 e. The lowest BCUT2D eigenvalue weighted by atomic mass is 9.95. The first-order valence-electron chi connectivity index (χ1n) is 10.9. The van der Waals surface area contributed by atoms with Gasteiger partial charge in [0.2, 0.25) is 0 Å². The molecule has 0 radical (unpaired) electrons. The van der Waals surface area contributed by atoms with Crippen LogP contribution in [0, 0.1) is 12.8 Å². The zero-order valence-electron chi connectivity index (χ0n) is 18.2. The quantitative estimate of drug-likeness (QED) is 0.365. The lowest BCUT2D eigenvalue weighted by Gasteiger charge is -2.30. The molecule has 1 saturated heterocycles. The Morgan fingerprint density at radius 1 is 1.09 bits per heavy atom. The van der Waals surface area contributed by atoms with Crippen LogP contribution in [0.3, 0.4) is 0 Å². The Balaban J connectivity index is 1.28. The number of anilines is 2. The zero-order valence-corrected chi connectivity index (χ0v) is 18.9. The van der Waals surface area contributed by atoms with Crippen molar-refractivity contribution < 1.29 is 4.79 Å². The minimum absolute atomic E-state index is 0.0270. The van der Waals surface area contributed by atoms with E-state index in [4.69, 9.17) is 11.6 Å². The average Bonchev–Trinajstić information content (AvgIpc) is 2.82. The standard InChI is InChI=1S/C26H27ClN4O/c1-19-25(27)26(29-18-28-19)30-23-10-8-22(9-11-23)24(32)12-7-20-13-15-31(16-14-20)17-21-5-3-2-4-6-21/h2-12,18,20H,13-17H2,1H3,(H,28,29,30). The molecule has 0 spiro atoms. The fourth-order valence-electron chi connectivity index (χ4n) is 3.86. The molecule has 1 N–H and O–H groups in total. The predicted molar refractivity (Wildman–Crippen MR) is 129 cm³/mol. The normalized spacial score (nSPS) is 15.2. The van der Waals surface area contributed by atoms with Crippen LogP contribution in [0.2, 0.25) is 5.02 Å². The van der Waals surface area contributed by atoms with E-state index in [-0.39, 0.29) is 5.78 Å². The number of hydrogen-bond acceptors (Lipinski definition) is 5. The number of carbonyl (C=O) groups is 1. The number of nitrogens with zero attached hydrogens (tertiary/aromatic N) is 3. The molecule has 2 heterocycles. The van der Waals surface area contributed by atoms with E-state index in [1.54, 1.807) is 6.08 Å². The molecule has 0 unspecified atom stereocenters. The van der Waals surface area contributed by atoms with E-state index in [0.717, 1.165) is 38.2 Å². The molecule has 0 amide bonds. The van der Waals surface area contributed by atoms with E-state index in [1.165, 1.54) is 11.9 Å². The third kappa shape index (κ3) is 5.81. The van der Waals surface area contributed by atoms with Gasteiger partial charge in [-0.3, -0.25) is 9.69 Å². The van der Waals surface area contributed by atoms with Crippen LogP contribution in [0.5, 0.6) is 0 Å². The van der Waals surface area contributed by atoms with E-state index in [2.05, 4.69) is 56.6 Å². The SMILES string of the molecule is Cc1ncnc(Nc2ccc(C(=O)C=CC3CCN(Cc4ccccc4)CC3)cc2)c1Cl. The molecule has 1 fully saturated rings. The highest BCUT2D eigenvalue weighted by atomic mass is 35.5. The van der Waals surface area contributed by atoms with Crippen molar-refractivity contribution in [3.8, 4) is 0 Å². The molecule has 164 valence electrons. The maximum absolute atomic E-state index is 12.6. The zero-order chi connectivity index (χ0) is 22.3. The Kier molecular flexibility index (Phi) is 7.30. The summed E-state index contributed by atoms with van der Waals surface area (Å²) in [6.07, 6.45) is 7.44. The van der Waals surface area contributed by atoms with Crippen molar-refractivity contribution >= 4 is 28.9 Å². The molecular formula is C26H27ClN4O. The number of halogens is 1. The summed E-state index contributed by atoms with van der Waals surface area (Å²) >= 11 is 6.24. The van der Waals surface area contributed by atoms with Gasteiger partial charge in [0, 0.05) is 17.8 Å². The summed E-state index contributed by atoms with van der Waals surface area (Å²) in [7, 11) is 0. The number of piperidine rings is 1. The van der Waals surface area contributed by atoms with Gasteiger partial charge in [-0.15, -0.1) is 0 Å². The van der Waals surface area contributed by atoms with Gasteiger partial charge in [0.05, 0.1) is 5.69 Å². The fourth-order valence-corrected chi connectivity index (χ4v) is 4.01. The topological polar surface area (TPSA) is 58.1 Å². The number of hydrogen-bond donors (Lipinski definition) is 1. The lowest BCUT2D eigenvalue weighted by Crippen LogP contribution is -2.32. The van der Waals surface area contributed by atoms with Gasteiger partial charge in [-0.25, -0.2) is 9.97 Å². The molecule has 0 aliphatic carbocycles. The van der Waals surface area contributed by atoms with Crippen molar-refractivity contribution in [2.24, 2.45) is 5.92 Å². The molecular weight excluding hydrogens is 420 g/mol. The van der Waals surface area contributed by atoms with Gasteiger partial charge < -0.3 is 5.32 Å². The molecule has 0 bridgehead atoms. The highest BCUT2D eigenvalue weighted by Crippen LogP contribution is 2.25. The highest BCUT2D eigenvalue weighted by Gasteiger charge is 2.17. The first-order valence-corrected chi connectivity index (χ1v) is 11.3. The van der Waals surface area contributed by atoms with Crippen molar-refractivity contribution in [1.82, 2.24) is 14.9 Å². The van der Waals surface area contributed by atoms with Crippen molar-refractivity contribution in [2.75, 3.05) is 18.4 Å². The number of ketones is 1. The first-order chi connectivity index (χ1) is 15.6. The molecule has 32 heavy (non-hydrogen) atoms. The maximum Gasteiger partial charge on any atom is 0.185 e. The molecule has 6 heteroatoms. The molecule has 1 aliphatic rings. The van der Waals surface area contributed by atoms with Crippen LogP contribution in [0.15, 0.2) is 73.1 Å². The van der Waals surface area contributed by atoms with Crippen LogP contribution >= 0.6 is 11.6 Å². The number of nitrogens with one attached hydrogen (secondary N) is 1. The Hall–Kier alpha value is -3.02. The fraction of sp³-hybridized carbons (Fsp3) is 0.269. The Morgan fingerprint density at radius 2 is 1.81 bits per heavy atom. The molecule has 1 aromatic heterocycles. The van der Waals surface area contributed by atoms with E-state index in [9.17, 15) is 4.79 Å². The molecule has 4 rings (SSSR count). The van der Waals surface area contributed by atoms with E-state index in [0.29, 0.717) is 28.0 Å². The van der Waals surface area contributed by atoms with Gasteiger partial charge in [0.1, 0.15) is 11.3 Å². The number of carbonyl (C=O) groups excluding carboxylic acids is 1. The second kappa shape index (κ2) is 10.5. The third-order valence-electron chi connectivity index (χ3n) is 5.80. The highest BCUT2D eigenvalue weighted by molar-refractivity contribution is 6.33. The summed E-state index contributed by atoms with van der Waals surface area (Å²) in [6, 6.07) is 17.9.